The van der Waals surface area contributed by atoms with Crippen LogP contribution in [0, 0.1) is 13.8 Å². The molecule has 0 aliphatic rings. The molecule has 0 spiro atoms. The molecule has 0 aromatic carbocycles. The van der Waals surface area contributed by atoms with E-state index in [9.17, 15) is 0 Å². The molecule has 1 unspecified atom stereocenters. The zero-order valence-corrected chi connectivity index (χ0v) is 10.2. The van der Waals surface area contributed by atoms with E-state index < -0.39 is 0 Å². The van der Waals surface area contributed by atoms with Crippen molar-refractivity contribution in [3.05, 3.63) is 29.6 Å². The summed E-state index contributed by atoms with van der Waals surface area (Å²) >= 11 is 0. The van der Waals surface area contributed by atoms with E-state index in [1.54, 1.807) is 0 Å². The fourth-order valence-electron chi connectivity index (χ4n) is 1.68. The van der Waals surface area contributed by atoms with E-state index in [1.165, 1.54) is 11.3 Å². The van der Waals surface area contributed by atoms with E-state index in [-0.39, 0.29) is 0 Å². The molecule has 1 heterocycles. The highest BCUT2D eigenvalue weighted by Crippen LogP contribution is 2.11. The summed E-state index contributed by atoms with van der Waals surface area (Å²) in [6.45, 7) is 11.0. The van der Waals surface area contributed by atoms with Crippen LogP contribution in [0.4, 0.5) is 0 Å². The summed E-state index contributed by atoms with van der Waals surface area (Å²) in [6, 6.07) is 0.474. The molecule has 0 aliphatic heterocycles. The number of rotatable bonds is 5. The average Bonchev–Trinajstić information content (AvgIpc) is 2.40. The van der Waals surface area contributed by atoms with E-state index in [0.29, 0.717) is 6.04 Å². The lowest BCUT2D eigenvalue weighted by atomic mass is 10.1. The van der Waals surface area contributed by atoms with Gasteiger partial charge in [-0.1, -0.05) is 6.08 Å². The Morgan fingerprint density at radius 1 is 1.53 bits per heavy atom. The Hall–Kier alpha value is -1.09. The summed E-state index contributed by atoms with van der Waals surface area (Å²) in [5.74, 6) is 0. The lowest BCUT2D eigenvalue weighted by Crippen LogP contribution is -2.25. The van der Waals surface area contributed by atoms with Crippen molar-refractivity contribution in [1.82, 2.24) is 15.1 Å². The zero-order valence-electron chi connectivity index (χ0n) is 10.2. The quantitative estimate of drug-likeness (QED) is 0.749. The maximum atomic E-state index is 4.39. The highest BCUT2D eigenvalue weighted by Gasteiger charge is 2.09. The van der Waals surface area contributed by atoms with Gasteiger partial charge in [0.05, 0.1) is 5.69 Å². The third-order valence-electron chi connectivity index (χ3n) is 2.81. The number of hydrogen-bond acceptors (Lipinski definition) is 2. The van der Waals surface area contributed by atoms with Gasteiger partial charge in [-0.2, -0.15) is 5.10 Å². The second kappa shape index (κ2) is 5.12. The zero-order chi connectivity index (χ0) is 11.4. The largest absolute Gasteiger partial charge is 0.310 e. The van der Waals surface area contributed by atoms with Crippen LogP contribution in [0.25, 0.3) is 0 Å². The third-order valence-corrected chi connectivity index (χ3v) is 2.81. The molecule has 0 radical (unpaired) electrons. The average molecular weight is 207 g/mol. The first-order chi connectivity index (χ1) is 7.06. The van der Waals surface area contributed by atoms with Crippen LogP contribution < -0.4 is 5.32 Å². The van der Waals surface area contributed by atoms with E-state index in [0.717, 1.165) is 18.7 Å². The molecule has 15 heavy (non-hydrogen) atoms. The number of nitrogens with zero attached hydrogens (tertiary/aromatic N) is 2. The molecule has 3 heteroatoms. The van der Waals surface area contributed by atoms with Crippen LogP contribution in [-0.4, -0.2) is 15.8 Å². The Morgan fingerprint density at radius 2 is 2.20 bits per heavy atom. The molecule has 1 aromatic rings. The first-order valence-corrected chi connectivity index (χ1v) is 5.39. The fraction of sp³-hybridized carbons (Fsp3) is 0.583. The summed E-state index contributed by atoms with van der Waals surface area (Å²) in [4.78, 5) is 0. The minimum Gasteiger partial charge on any atom is -0.310 e. The second-order valence-corrected chi connectivity index (χ2v) is 4.08. The lowest BCUT2D eigenvalue weighted by Gasteiger charge is -2.11. The molecule has 1 aromatic heterocycles. The van der Waals surface area contributed by atoms with E-state index in [1.807, 2.05) is 17.8 Å². The Kier molecular flexibility index (Phi) is 4.09. The Bertz CT molecular complexity index is 339. The molecule has 1 rings (SSSR count). The fourth-order valence-corrected chi connectivity index (χ4v) is 1.68. The maximum absolute atomic E-state index is 4.39. The molecule has 0 bridgehead atoms. The number of aromatic nitrogens is 2. The van der Waals surface area contributed by atoms with Crippen molar-refractivity contribution in [3.63, 3.8) is 0 Å². The van der Waals surface area contributed by atoms with Gasteiger partial charge in [0.15, 0.2) is 0 Å². The molecule has 0 amide bonds. The predicted octanol–water partition coefficient (Wildman–Crippen LogP) is 2.09. The van der Waals surface area contributed by atoms with Gasteiger partial charge in [0.1, 0.15) is 0 Å². The Morgan fingerprint density at radius 3 is 2.67 bits per heavy atom. The van der Waals surface area contributed by atoms with Gasteiger partial charge in [0.25, 0.3) is 0 Å². The summed E-state index contributed by atoms with van der Waals surface area (Å²) in [5, 5.41) is 7.86. The molecule has 84 valence electrons. The normalized spacial score (nSPS) is 12.8. The van der Waals surface area contributed by atoms with Crippen molar-refractivity contribution >= 4 is 0 Å². The number of nitrogens with one attached hydrogen (secondary N) is 1. The molecule has 1 atom stereocenters. The monoisotopic (exact) mass is 207 g/mol. The topological polar surface area (TPSA) is 29.9 Å². The number of hydrogen-bond donors (Lipinski definition) is 1. The van der Waals surface area contributed by atoms with Gasteiger partial charge >= 0.3 is 0 Å². The second-order valence-electron chi connectivity index (χ2n) is 4.08. The highest BCUT2D eigenvalue weighted by atomic mass is 15.3. The van der Waals surface area contributed by atoms with Crippen molar-refractivity contribution in [1.29, 1.82) is 0 Å². The summed E-state index contributed by atoms with van der Waals surface area (Å²) in [5.41, 5.74) is 3.67. The minimum atomic E-state index is 0.474. The first kappa shape index (κ1) is 12.0. The smallest absolute Gasteiger partial charge is 0.0641 e. The van der Waals surface area contributed by atoms with Gasteiger partial charge in [0.2, 0.25) is 0 Å². The highest BCUT2D eigenvalue weighted by molar-refractivity contribution is 5.24. The SMILES string of the molecule is C=CCC(C)NCc1c(C)nn(C)c1C. The van der Waals surface area contributed by atoms with Crippen LogP contribution >= 0.6 is 0 Å². The standard InChI is InChI=1S/C12H21N3/c1-6-7-9(2)13-8-12-10(3)14-15(5)11(12)4/h6,9,13H,1,7-8H2,2-5H3. The van der Waals surface area contributed by atoms with Crippen molar-refractivity contribution in [2.45, 2.75) is 39.8 Å². The van der Waals surface area contributed by atoms with Crippen LogP contribution in [-0.2, 0) is 13.6 Å². The Balaban J connectivity index is 2.61. The first-order valence-electron chi connectivity index (χ1n) is 5.39. The lowest BCUT2D eigenvalue weighted by molar-refractivity contribution is 0.551. The van der Waals surface area contributed by atoms with E-state index in [4.69, 9.17) is 0 Å². The van der Waals surface area contributed by atoms with E-state index >= 15 is 0 Å². The van der Waals surface area contributed by atoms with Gasteiger partial charge in [0, 0.05) is 30.9 Å². The van der Waals surface area contributed by atoms with Gasteiger partial charge in [-0.3, -0.25) is 4.68 Å². The predicted molar refractivity (Wildman–Crippen MR) is 63.8 cm³/mol. The van der Waals surface area contributed by atoms with Crippen LogP contribution in [0.1, 0.15) is 30.3 Å². The molecule has 3 nitrogen and oxygen atoms in total. The molecule has 1 N–H and O–H groups in total. The van der Waals surface area contributed by atoms with Crippen molar-refractivity contribution in [2.75, 3.05) is 0 Å². The minimum absolute atomic E-state index is 0.474. The third kappa shape index (κ3) is 2.93. The Labute approximate surface area is 92.2 Å². The summed E-state index contributed by atoms with van der Waals surface area (Å²) in [6.07, 6.45) is 2.94. The van der Waals surface area contributed by atoms with Crippen molar-refractivity contribution in [2.24, 2.45) is 7.05 Å². The number of aryl methyl sites for hydroxylation is 2. The van der Waals surface area contributed by atoms with Gasteiger partial charge in [-0.15, -0.1) is 6.58 Å². The van der Waals surface area contributed by atoms with E-state index in [2.05, 4.69) is 37.8 Å². The van der Waals surface area contributed by atoms with Crippen LogP contribution in [0.15, 0.2) is 12.7 Å². The van der Waals surface area contributed by atoms with Gasteiger partial charge < -0.3 is 5.32 Å². The molecular weight excluding hydrogens is 186 g/mol. The maximum Gasteiger partial charge on any atom is 0.0641 e. The molecule has 0 saturated heterocycles. The van der Waals surface area contributed by atoms with Crippen molar-refractivity contribution < 1.29 is 0 Å². The van der Waals surface area contributed by atoms with Crippen molar-refractivity contribution in [3.8, 4) is 0 Å². The van der Waals surface area contributed by atoms with Crippen LogP contribution in [0.5, 0.6) is 0 Å². The summed E-state index contributed by atoms with van der Waals surface area (Å²) in [7, 11) is 1.99. The van der Waals surface area contributed by atoms with Gasteiger partial charge in [-0.25, -0.2) is 0 Å². The van der Waals surface area contributed by atoms with Gasteiger partial charge in [-0.05, 0) is 27.2 Å². The van der Waals surface area contributed by atoms with Crippen LogP contribution in [0.2, 0.25) is 0 Å². The molecule has 0 saturated carbocycles. The molecule has 0 aliphatic carbocycles. The summed E-state index contributed by atoms with van der Waals surface area (Å²) < 4.78 is 1.94. The molecule has 0 fully saturated rings. The molecular formula is C12H21N3. The van der Waals surface area contributed by atoms with Crippen LogP contribution in [0.3, 0.4) is 0 Å².